The second kappa shape index (κ2) is 5.33. The minimum Gasteiger partial charge on any atom is -0.348 e. The highest BCUT2D eigenvalue weighted by Gasteiger charge is 2.70. The summed E-state index contributed by atoms with van der Waals surface area (Å²) >= 11 is 0. The van der Waals surface area contributed by atoms with Gasteiger partial charge in [-0.15, -0.1) is 0 Å². The molecule has 1 aliphatic heterocycles. The van der Waals surface area contributed by atoms with Gasteiger partial charge in [-0.25, -0.2) is 22.4 Å². The Morgan fingerprint density at radius 3 is 2.24 bits per heavy atom. The normalized spacial score (nSPS) is 24.2. The smallest absolute Gasteiger partial charge is 0.258 e. The highest BCUT2D eigenvalue weighted by molar-refractivity contribution is 5.83. The first-order valence-electron chi connectivity index (χ1n) is 7.37. The van der Waals surface area contributed by atoms with Crippen molar-refractivity contribution in [3.63, 3.8) is 0 Å². The first-order valence-corrected chi connectivity index (χ1v) is 7.37. The van der Waals surface area contributed by atoms with E-state index >= 15 is 0 Å². The first kappa shape index (κ1) is 17.0. The van der Waals surface area contributed by atoms with Crippen molar-refractivity contribution in [2.24, 2.45) is 0 Å². The predicted octanol–water partition coefficient (Wildman–Crippen LogP) is 3.76. The van der Waals surface area contributed by atoms with Gasteiger partial charge in [-0.3, -0.25) is 0 Å². The molecule has 1 atom stereocenters. The van der Waals surface area contributed by atoms with Gasteiger partial charge in [0.05, 0.1) is 11.0 Å². The number of nitriles is 1. The molecule has 25 heavy (non-hydrogen) atoms. The molecule has 1 unspecified atom stereocenters. The highest BCUT2D eigenvalue weighted by Crippen LogP contribution is 2.62. The average molecular weight is 348 g/mol. The van der Waals surface area contributed by atoms with E-state index in [9.17, 15) is 22.4 Å². The summed E-state index contributed by atoms with van der Waals surface area (Å²) in [7, 11) is 0. The Kier molecular flexibility index (Phi) is 3.63. The second-order valence-corrected chi connectivity index (χ2v) is 6.34. The Morgan fingerprint density at radius 2 is 1.80 bits per heavy atom. The molecule has 1 heterocycles. The molecule has 3 rings (SSSR count). The average Bonchev–Trinajstić information content (AvgIpc) is 3.04. The Morgan fingerprint density at radius 1 is 1.24 bits per heavy atom. The van der Waals surface area contributed by atoms with E-state index in [2.05, 4.69) is 5.32 Å². The maximum Gasteiger partial charge on any atom is 0.258 e. The monoisotopic (exact) mass is 348 g/mol. The Bertz CT molecular complexity index is 925. The van der Waals surface area contributed by atoms with Crippen molar-refractivity contribution < 1.29 is 22.4 Å². The lowest BCUT2D eigenvalue weighted by molar-refractivity contribution is 0.0901. The van der Waals surface area contributed by atoms with Crippen LogP contribution in [0.1, 0.15) is 31.4 Å². The van der Waals surface area contributed by atoms with Gasteiger partial charge < -0.3 is 5.32 Å². The van der Waals surface area contributed by atoms with Crippen molar-refractivity contribution >= 4 is 11.5 Å². The van der Waals surface area contributed by atoms with Crippen LogP contribution in [-0.4, -0.2) is 11.9 Å². The molecule has 0 bridgehead atoms. The number of benzene rings is 1. The molecule has 2 aliphatic rings. The highest BCUT2D eigenvalue weighted by atomic mass is 19.3. The van der Waals surface area contributed by atoms with Crippen LogP contribution < -0.4 is 5.32 Å². The van der Waals surface area contributed by atoms with Gasteiger partial charge in [-0.1, -0.05) is 0 Å². The zero-order valence-electron chi connectivity index (χ0n) is 13.3. The van der Waals surface area contributed by atoms with E-state index in [0.717, 1.165) is 19.1 Å². The molecule has 7 heteroatoms. The standard InChI is InChI=1S/C18H12F4N2O/c1-9-12(3-11(6-23)15(7-25)24-9)10-4-13(19)16(14(20)5-10)17(2)8-18(17,21)22/h3-5,24H,8H2,1-2H3. The Labute approximate surface area is 140 Å². The minimum atomic E-state index is -3.14. The second-order valence-electron chi connectivity index (χ2n) is 6.34. The number of hydrogen-bond donors (Lipinski definition) is 1. The van der Waals surface area contributed by atoms with Crippen LogP contribution in [0.25, 0.3) is 5.57 Å². The summed E-state index contributed by atoms with van der Waals surface area (Å²) < 4.78 is 55.8. The summed E-state index contributed by atoms with van der Waals surface area (Å²) in [6.07, 6.45) is 0.690. The van der Waals surface area contributed by atoms with Gasteiger partial charge in [0.2, 0.25) is 0 Å². The van der Waals surface area contributed by atoms with Gasteiger partial charge in [0.25, 0.3) is 5.92 Å². The van der Waals surface area contributed by atoms with Gasteiger partial charge in [0, 0.05) is 23.3 Å². The number of rotatable bonds is 2. The molecular formula is C18H12F4N2O. The largest absolute Gasteiger partial charge is 0.348 e. The number of carbonyl (C=O) groups excluding carboxylic acids is 1. The van der Waals surface area contributed by atoms with Crippen molar-refractivity contribution in [3.8, 4) is 6.07 Å². The Hall–Kier alpha value is -2.84. The summed E-state index contributed by atoms with van der Waals surface area (Å²) in [6, 6.07) is 3.71. The van der Waals surface area contributed by atoms with Crippen LogP contribution in [0, 0.1) is 23.0 Å². The molecule has 0 radical (unpaired) electrons. The maximum absolute atomic E-state index is 14.4. The summed E-state index contributed by atoms with van der Waals surface area (Å²) in [5.74, 6) is -3.71. The minimum absolute atomic E-state index is 0.0406. The van der Waals surface area contributed by atoms with Gasteiger partial charge in [-0.2, -0.15) is 5.26 Å². The predicted molar refractivity (Wildman–Crippen MR) is 81.9 cm³/mol. The van der Waals surface area contributed by atoms with E-state index in [1.807, 2.05) is 0 Å². The van der Waals surface area contributed by atoms with Crippen LogP contribution in [0.15, 0.2) is 35.2 Å². The molecule has 1 saturated carbocycles. The van der Waals surface area contributed by atoms with Crippen LogP contribution in [0.5, 0.6) is 0 Å². The van der Waals surface area contributed by atoms with Gasteiger partial charge >= 0.3 is 0 Å². The van der Waals surface area contributed by atoms with Crippen LogP contribution >= 0.6 is 0 Å². The molecule has 0 saturated heterocycles. The quantitative estimate of drug-likeness (QED) is 0.654. The third kappa shape index (κ3) is 2.46. The molecule has 0 spiro atoms. The number of allylic oxidation sites excluding steroid dienone is 4. The van der Waals surface area contributed by atoms with Crippen molar-refractivity contribution in [2.45, 2.75) is 31.6 Å². The van der Waals surface area contributed by atoms with Crippen LogP contribution in [0.3, 0.4) is 0 Å². The lowest BCUT2D eigenvalue weighted by Gasteiger charge is -2.19. The fourth-order valence-electron chi connectivity index (χ4n) is 3.04. The zero-order chi connectivity index (χ0) is 18.6. The number of halogens is 4. The van der Waals surface area contributed by atoms with E-state index < -0.39 is 35.0 Å². The van der Waals surface area contributed by atoms with E-state index in [0.29, 0.717) is 5.70 Å². The van der Waals surface area contributed by atoms with Crippen molar-refractivity contribution in [1.82, 2.24) is 5.32 Å². The molecule has 0 aromatic heterocycles. The van der Waals surface area contributed by atoms with Crippen LogP contribution in [0.2, 0.25) is 0 Å². The number of alkyl halides is 2. The van der Waals surface area contributed by atoms with Gasteiger partial charge in [0.1, 0.15) is 23.4 Å². The lowest BCUT2D eigenvalue weighted by atomic mass is 9.91. The van der Waals surface area contributed by atoms with E-state index in [1.165, 1.54) is 6.08 Å². The molecule has 128 valence electrons. The molecule has 0 amide bonds. The topological polar surface area (TPSA) is 52.9 Å². The zero-order valence-corrected chi connectivity index (χ0v) is 13.3. The number of nitrogens with one attached hydrogen (secondary N) is 1. The molecule has 3 nitrogen and oxygen atoms in total. The molecule has 1 N–H and O–H groups in total. The molecule has 1 aromatic rings. The number of nitrogens with zero attached hydrogens (tertiary/aromatic N) is 1. The molecule has 1 fully saturated rings. The molecule has 1 aromatic carbocycles. The number of dihydropyridines is 1. The summed E-state index contributed by atoms with van der Waals surface area (Å²) in [5.41, 5.74) is -1.86. The number of hydrogen-bond acceptors (Lipinski definition) is 3. The first-order chi connectivity index (χ1) is 11.6. The third-order valence-corrected chi connectivity index (χ3v) is 4.66. The van der Waals surface area contributed by atoms with E-state index in [-0.39, 0.29) is 22.4 Å². The van der Waals surface area contributed by atoms with E-state index in [4.69, 9.17) is 5.26 Å². The summed E-state index contributed by atoms with van der Waals surface area (Å²) in [6.45, 7) is 2.67. The van der Waals surface area contributed by atoms with Crippen LogP contribution in [0.4, 0.5) is 17.6 Å². The SMILES string of the molecule is CC1=C(c2cc(F)c(C3(C)CC3(F)F)c(F)c2)C=C(C#N)C(=C=O)N1. The van der Waals surface area contributed by atoms with Crippen molar-refractivity contribution in [3.05, 3.63) is 57.9 Å². The van der Waals surface area contributed by atoms with Gasteiger partial charge in [0.15, 0.2) is 5.94 Å². The van der Waals surface area contributed by atoms with Crippen molar-refractivity contribution in [1.29, 1.82) is 5.26 Å². The fraction of sp³-hybridized carbons (Fsp3) is 0.278. The summed E-state index contributed by atoms with van der Waals surface area (Å²) in [4.78, 5) is 10.8. The van der Waals surface area contributed by atoms with Gasteiger partial charge in [-0.05, 0) is 37.6 Å². The Balaban J connectivity index is 2.11. The summed E-state index contributed by atoms with van der Waals surface area (Å²) in [5, 5.41) is 11.7. The van der Waals surface area contributed by atoms with E-state index in [1.54, 1.807) is 18.9 Å². The fourth-order valence-corrected chi connectivity index (χ4v) is 3.04. The lowest BCUT2D eigenvalue weighted by Crippen LogP contribution is -2.19. The van der Waals surface area contributed by atoms with Crippen molar-refractivity contribution in [2.75, 3.05) is 0 Å². The molecular weight excluding hydrogens is 336 g/mol. The molecule has 1 aliphatic carbocycles. The third-order valence-electron chi connectivity index (χ3n) is 4.66. The van der Waals surface area contributed by atoms with Crippen LogP contribution in [-0.2, 0) is 10.2 Å². The maximum atomic E-state index is 14.4.